The van der Waals surface area contributed by atoms with E-state index in [2.05, 4.69) is 4.98 Å². The van der Waals surface area contributed by atoms with Crippen LogP contribution in [0.5, 0.6) is 5.75 Å². The molecule has 0 aliphatic rings. The van der Waals surface area contributed by atoms with Gasteiger partial charge in [0, 0.05) is 23.6 Å². The molecule has 1 aromatic heterocycles. The summed E-state index contributed by atoms with van der Waals surface area (Å²) in [6, 6.07) is 18.9. The summed E-state index contributed by atoms with van der Waals surface area (Å²) in [6.45, 7) is 2.46. The molecule has 0 spiro atoms. The number of anilines is 1. The first-order chi connectivity index (χ1) is 12.2. The van der Waals surface area contributed by atoms with Crippen molar-refractivity contribution in [2.75, 3.05) is 12.0 Å². The SMILES string of the molecule is COc1ccc(N(Cc2cccnc2)C(=O)c2ccc(C)cc2)cc1. The normalized spacial score (nSPS) is 10.3. The van der Waals surface area contributed by atoms with Gasteiger partial charge in [-0.3, -0.25) is 9.78 Å². The van der Waals surface area contributed by atoms with Crippen LogP contribution in [0.4, 0.5) is 5.69 Å². The van der Waals surface area contributed by atoms with Gasteiger partial charge in [-0.05, 0) is 55.0 Å². The Balaban J connectivity index is 1.95. The van der Waals surface area contributed by atoms with Gasteiger partial charge in [0.15, 0.2) is 0 Å². The van der Waals surface area contributed by atoms with Gasteiger partial charge in [0.25, 0.3) is 5.91 Å². The molecule has 0 N–H and O–H groups in total. The Morgan fingerprint density at radius 2 is 1.76 bits per heavy atom. The van der Waals surface area contributed by atoms with Crippen LogP contribution in [0.25, 0.3) is 0 Å². The van der Waals surface area contributed by atoms with Crippen LogP contribution in [0.2, 0.25) is 0 Å². The highest BCUT2D eigenvalue weighted by molar-refractivity contribution is 6.06. The Morgan fingerprint density at radius 1 is 1.04 bits per heavy atom. The Morgan fingerprint density at radius 3 is 2.36 bits per heavy atom. The van der Waals surface area contributed by atoms with Gasteiger partial charge in [-0.15, -0.1) is 0 Å². The Hall–Kier alpha value is -3.14. The number of aryl methyl sites for hydroxylation is 1. The summed E-state index contributed by atoms with van der Waals surface area (Å²) in [7, 11) is 1.62. The van der Waals surface area contributed by atoms with Crippen LogP contribution in [0, 0.1) is 6.92 Å². The first-order valence-electron chi connectivity index (χ1n) is 8.09. The summed E-state index contributed by atoms with van der Waals surface area (Å²) in [6.07, 6.45) is 3.50. The van der Waals surface area contributed by atoms with Crippen molar-refractivity contribution in [1.82, 2.24) is 4.98 Å². The maximum absolute atomic E-state index is 13.1. The van der Waals surface area contributed by atoms with E-state index in [1.54, 1.807) is 24.4 Å². The second-order valence-corrected chi connectivity index (χ2v) is 5.82. The second-order valence-electron chi connectivity index (χ2n) is 5.82. The predicted octanol–water partition coefficient (Wildman–Crippen LogP) is 4.25. The molecule has 2 aromatic carbocycles. The zero-order valence-corrected chi connectivity index (χ0v) is 14.3. The number of nitrogens with zero attached hydrogens (tertiary/aromatic N) is 2. The van der Waals surface area contributed by atoms with Crippen molar-refractivity contribution in [3.63, 3.8) is 0 Å². The predicted molar refractivity (Wildman–Crippen MR) is 98.9 cm³/mol. The summed E-state index contributed by atoms with van der Waals surface area (Å²) in [5, 5.41) is 0. The van der Waals surface area contributed by atoms with Crippen molar-refractivity contribution in [2.45, 2.75) is 13.5 Å². The topological polar surface area (TPSA) is 42.4 Å². The Labute approximate surface area is 147 Å². The van der Waals surface area contributed by atoms with E-state index in [1.807, 2.05) is 67.6 Å². The standard InChI is InChI=1S/C21H20N2O2/c1-16-5-7-18(8-6-16)21(24)23(15-17-4-3-13-22-14-17)19-9-11-20(25-2)12-10-19/h3-14H,15H2,1-2H3. The zero-order chi connectivity index (χ0) is 17.6. The number of hydrogen-bond acceptors (Lipinski definition) is 3. The largest absolute Gasteiger partial charge is 0.497 e. The van der Waals surface area contributed by atoms with Crippen LogP contribution < -0.4 is 9.64 Å². The van der Waals surface area contributed by atoms with Crippen LogP contribution in [-0.2, 0) is 6.54 Å². The molecular formula is C21H20N2O2. The first kappa shape index (κ1) is 16.7. The average Bonchev–Trinajstić information content (AvgIpc) is 2.67. The monoisotopic (exact) mass is 332 g/mol. The molecule has 1 amide bonds. The van der Waals surface area contributed by atoms with E-state index in [0.29, 0.717) is 12.1 Å². The summed E-state index contributed by atoms with van der Waals surface area (Å²) in [4.78, 5) is 19.0. The van der Waals surface area contributed by atoms with Gasteiger partial charge < -0.3 is 9.64 Å². The number of rotatable bonds is 5. The molecule has 0 unspecified atom stereocenters. The van der Waals surface area contributed by atoms with Gasteiger partial charge in [0.2, 0.25) is 0 Å². The van der Waals surface area contributed by atoms with Gasteiger partial charge in [-0.1, -0.05) is 23.8 Å². The first-order valence-corrected chi connectivity index (χ1v) is 8.09. The van der Waals surface area contributed by atoms with Crippen molar-refractivity contribution >= 4 is 11.6 Å². The lowest BCUT2D eigenvalue weighted by atomic mass is 10.1. The van der Waals surface area contributed by atoms with E-state index < -0.39 is 0 Å². The number of carbonyl (C=O) groups excluding carboxylic acids is 1. The number of hydrogen-bond donors (Lipinski definition) is 0. The quantitative estimate of drug-likeness (QED) is 0.701. The molecule has 0 saturated carbocycles. The molecule has 0 saturated heterocycles. The Kier molecular flexibility index (Phi) is 5.09. The highest BCUT2D eigenvalue weighted by Gasteiger charge is 2.18. The van der Waals surface area contributed by atoms with Crippen LogP contribution >= 0.6 is 0 Å². The van der Waals surface area contributed by atoms with Crippen molar-refractivity contribution in [2.24, 2.45) is 0 Å². The minimum atomic E-state index is -0.0472. The molecule has 0 radical (unpaired) electrons. The van der Waals surface area contributed by atoms with Crippen molar-refractivity contribution in [3.05, 3.63) is 89.7 Å². The number of benzene rings is 2. The van der Waals surface area contributed by atoms with E-state index in [1.165, 1.54) is 0 Å². The molecule has 1 heterocycles. The van der Waals surface area contributed by atoms with Crippen LogP contribution in [0.15, 0.2) is 73.1 Å². The number of carbonyl (C=O) groups is 1. The molecule has 0 fully saturated rings. The lowest BCUT2D eigenvalue weighted by Crippen LogP contribution is -2.30. The van der Waals surface area contributed by atoms with Crippen LogP contribution in [0.3, 0.4) is 0 Å². The fourth-order valence-corrected chi connectivity index (χ4v) is 2.57. The van der Waals surface area contributed by atoms with Crippen molar-refractivity contribution in [1.29, 1.82) is 0 Å². The minimum Gasteiger partial charge on any atom is -0.497 e. The molecule has 0 aliphatic carbocycles. The third kappa shape index (κ3) is 4.04. The second kappa shape index (κ2) is 7.62. The summed E-state index contributed by atoms with van der Waals surface area (Å²) >= 11 is 0. The van der Waals surface area contributed by atoms with Gasteiger partial charge in [-0.2, -0.15) is 0 Å². The van der Waals surface area contributed by atoms with E-state index in [-0.39, 0.29) is 5.91 Å². The van der Waals surface area contributed by atoms with Crippen LogP contribution in [0.1, 0.15) is 21.5 Å². The zero-order valence-electron chi connectivity index (χ0n) is 14.3. The van der Waals surface area contributed by atoms with E-state index in [9.17, 15) is 4.79 Å². The summed E-state index contributed by atoms with van der Waals surface area (Å²) in [5.41, 5.74) is 3.57. The highest BCUT2D eigenvalue weighted by atomic mass is 16.5. The average molecular weight is 332 g/mol. The summed E-state index contributed by atoms with van der Waals surface area (Å²) < 4.78 is 5.21. The maximum Gasteiger partial charge on any atom is 0.258 e. The molecule has 3 aromatic rings. The van der Waals surface area contributed by atoms with Gasteiger partial charge >= 0.3 is 0 Å². The van der Waals surface area contributed by atoms with Gasteiger partial charge in [0.05, 0.1) is 13.7 Å². The van der Waals surface area contributed by atoms with Gasteiger partial charge in [0.1, 0.15) is 5.75 Å². The minimum absolute atomic E-state index is 0.0472. The number of ether oxygens (including phenoxy) is 1. The molecule has 25 heavy (non-hydrogen) atoms. The third-order valence-corrected chi connectivity index (χ3v) is 3.99. The molecule has 126 valence electrons. The third-order valence-electron chi connectivity index (χ3n) is 3.99. The molecule has 0 atom stereocenters. The van der Waals surface area contributed by atoms with Crippen LogP contribution in [-0.4, -0.2) is 18.0 Å². The van der Waals surface area contributed by atoms with E-state index >= 15 is 0 Å². The smallest absolute Gasteiger partial charge is 0.258 e. The molecule has 4 heteroatoms. The molecule has 4 nitrogen and oxygen atoms in total. The molecule has 0 bridgehead atoms. The molecule has 3 rings (SSSR count). The number of pyridine rings is 1. The van der Waals surface area contributed by atoms with E-state index in [4.69, 9.17) is 4.74 Å². The van der Waals surface area contributed by atoms with Gasteiger partial charge in [-0.25, -0.2) is 0 Å². The highest BCUT2D eigenvalue weighted by Crippen LogP contribution is 2.23. The van der Waals surface area contributed by atoms with Crippen molar-refractivity contribution < 1.29 is 9.53 Å². The van der Waals surface area contributed by atoms with E-state index in [0.717, 1.165) is 22.6 Å². The fraction of sp³-hybridized carbons (Fsp3) is 0.143. The Bertz CT molecular complexity index is 828. The maximum atomic E-state index is 13.1. The fourth-order valence-electron chi connectivity index (χ4n) is 2.57. The van der Waals surface area contributed by atoms with Crippen molar-refractivity contribution in [3.8, 4) is 5.75 Å². The number of aromatic nitrogens is 1. The molecular weight excluding hydrogens is 312 g/mol. The lowest BCUT2D eigenvalue weighted by molar-refractivity contribution is 0.0985. The molecule has 0 aliphatic heterocycles. The number of amides is 1. The summed E-state index contributed by atoms with van der Waals surface area (Å²) in [5.74, 6) is 0.710. The number of methoxy groups -OCH3 is 1. The lowest BCUT2D eigenvalue weighted by Gasteiger charge is -2.23.